The van der Waals surface area contributed by atoms with Crippen LogP contribution in [0.4, 0.5) is 20.2 Å². The van der Waals surface area contributed by atoms with Gasteiger partial charge < -0.3 is 16.0 Å². The van der Waals surface area contributed by atoms with Crippen LogP contribution in [0.5, 0.6) is 0 Å². The molecule has 0 spiro atoms. The lowest BCUT2D eigenvalue weighted by atomic mass is 9.78. The highest BCUT2D eigenvalue weighted by Gasteiger charge is 2.26. The summed E-state index contributed by atoms with van der Waals surface area (Å²) in [6.45, 7) is 4.88. The number of benzene rings is 3. The van der Waals surface area contributed by atoms with Crippen LogP contribution < -0.4 is 11.1 Å². The molecule has 1 aliphatic rings. The maximum atomic E-state index is 13.8. The first-order valence-electron chi connectivity index (χ1n) is 11.5. The zero-order chi connectivity index (χ0) is 22.7. The number of nitrogens with one attached hydrogen (secondary N) is 2. The van der Waals surface area contributed by atoms with E-state index in [2.05, 4.69) is 23.3 Å². The third-order valence-corrected chi connectivity index (χ3v) is 6.31. The number of aromatic nitrogens is 1. The third-order valence-electron chi connectivity index (χ3n) is 6.31. The number of halogens is 2. The normalized spacial score (nSPS) is 13.7. The van der Waals surface area contributed by atoms with Crippen molar-refractivity contribution in [3.05, 3.63) is 71.3 Å². The Hall–Kier alpha value is -2.92. The lowest BCUT2D eigenvalue weighted by Gasteiger charge is -2.29. The SMILES string of the molecule is CCCCN.Cc1cc(F)ccc1Nc1ccc2c([nH]c3ccc(F)cc32)c1C1CCC1. The lowest BCUT2D eigenvalue weighted by molar-refractivity contribution is 0.423. The molecule has 1 aromatic heterocycles. The molecule has 0 saturated heterocycles. The number of hydrogen-bond donors (Lipinski definition) is 3. The van der Waals surface area contributed by atoms with Crippen molar-refractivity contribution in [2.45, 2.75) is 51.9 Å². The number of rotatable bonds is 5. The monoisotopic (exact) mass is 435 g/mol. The van der Waals surface area contributed by atoms with Crippen LogP contribution in [0.25, 0.3) is 21.8 Å². The number of aryl methyl sites for hydroxylation is 1. The van der Waals surface area contributed by atoms with Crippen LogP contribution in [0.15, 0.2) is 48.5 Å². The molecule has 168 valence electrons. The summed E-state index contributed by atoms with van der Waals surface area (Å²) in [5.74, 6) is 0.0259. The van der Waals surface area contributed by atoms with Gasteiger partial charge in [0.05, 0.1) is 5.52 Å². The molecule has 4 aromatic rings. The molecular weight excluding hydrogens is 404 g/mol. The van der Waals surface area contributed by atoms with Crippen molar-refractivity contribution in [1.82, 2.24) is 4.98 Å². The molecule has 1 saturated carbocycles. The molecule has 5 rings (SSSR count). The van der Waals surface area contributed by atoms with Gasteiger partial charge in [0.25, 0.3) is 0 Å². The maximum absolute atomic E-state index is 13.8. The van der Waals surface area contributed by atoms with Gasteiger partial charge in [0.2, 0.25) is 0 Å². The lowest BCUT2D eigenvalue weighted by Crippen LogP contribution is -2.12. The molecule has 0 aliphatic heterocycles. The van der Waals surface area contributed by atoms with E-state index in [0.29, 0.717) is 5.92 Å². The van der Waals surface area contributed by atoms with E-state index in [1.165, 1.54) is 43.0 Å². The van der Waals surface area contributed by atoms with E-state index in [0.717, 1.165) is 58.1 Å². The van der Waals surface area contributed by atoms with Gasteiger partial charge in [-0.1, -0.05) is 25.8 Å². The fourth-order valence-corrected chi connectivity index (χ4v) is 4.31. The topological polar surface area (TPSA) is 53.8 Å². The Morgan fingerprint density at radius 2 is 1.69 bits per heavy atom. The number of fused-ring (bicyclic) bond motifs is 3. The minimum Gasteiger partial charge on any atom is -0.355 e. The van der Waals surface area contributed by atoms with Crippen molar-refractivity contribution in [2.24, 2.45) is 5.73 Å². The number of aromatic amines is 1. The predicted molar refractivity (Wildman–Crippen MR) is 131 cm³/mol. The van der Waals surface area contributed by atoms with Crippen molar-refractivity contribution in [2.75, 3.05) is 11.9 Å². The summed E-state index contributed by atoms with van der Waals surface area (Å²) in [6, 6.07) is 13.8. The zero-order valence-electron chi connectivity index (χ0n) is 18.8. The van der Waals surface area contributed by atoms with Crippen molar-refractivity contribution < 1.29 is 8.78 Å². The maximum Gasteiger partial charge on any atom is 0.123 e. The summed E-state index contributed by atoms with van der Waals surface area (Å²) in [5, 5.41) is 5.47. The molecule has 0 unspecified atom stereocenters. The predicted octanol–water partition coefficient (Wildman–Crippen LogP) is 7.66. The Labute approximate surface area is 188 Å². The molecule has 0 amide bonds. The van der Waals surface area contributed by atoms with Crippen LogP contribution in [-0.4, -0.2) is 11.5 Å². The van der Waals surface area contributed by atoms with Crippen molar-refractivity contribution in [1.29, 1.82) is 0 Å². The van der Waals surface area contributed by atoms with E-state index < -0.39 is 0 Å². The van der Waals surface area contributed by atoms with Crippen LogP contribution >= 0.6 is 0 Å². The van der Waals surface area contributed by atoms with Gasteiger partial charge in [-0.25, -0.2) is 8.78 Å². The summed E-state index contributed by atoms with van der Waals surface area (Å²) in [6.07, 6.45) is 5.92. The number of nitrogens with two attached hydrogens (primary N) is 1. The molecule has 3 nitrogen and oxygen atoms in total. The van der Waals surface area contributed by atoms with Crippen molar-refractivity contribution in [3.8, 4) is 0 Å². The molecule has 1 heterocycles. The van der Waals surface area contributed by atoms with Crippen molar-refractivity contribution >= 4 is 33.2 Å². The van der Waals surface area contributed by atoms with Gasteiger partial charge >= 0.3 is 0 Å². The van der Waals surface area contributed by atoms with E-state index in [9.17, 15) is 8.78 Å². The first-order valence-corrected chi connectivity index (χ1v) is 11.5. The summed E-state index contributed by atoms with van der Waals surface area (Å²) in [5.41, 5.74) is 11.2. The number of anilines is 2. The second-order valence-electron chi connectivity index (χ2n) is 8.62. The fourth-order valence-electron chi connectivity index (χ4n) is 4.31. The average molecular weight is 436 g/mol. The quantitative estimate of drug-likeness (QED) is 0.301. The Bertz CT molecular complexity index is 1220. The van der Waals surface area contributed by atoms with Gasteiger partial charge in [0.15, 0.2) is 0 Å². The molecule has 5 heteroatoms. The van der Waals surface area contributed by atoms with E-state index >= 15 is 0 Å². The molecule has 0 bridgehead atoms. The Kier molecular flexibility index (Phi) is 6.75. The van der Waals surface area contributed by atoms with Gasteiger partial charge in [-0.05, 0) is 86.7 Å². The highest BCUT2D eigenvalue weighted by molar-refractivity contribution is 6.09. The van der Waals surface area contributed by atoms with Crippen LogP contribution in [0.2, 0.25) is 0 Å². The first-order chi connectivity index (χ1) is 15.5. The summed E-state index contributed by atoms with van der Waals surface area (Å²) >= 11 is 0. The van der Waals surface area contributed by atoms with Gasteiger partial charge in [0.1, 0.15) is 11.6 Å². The number of H-pyrrole nitrogens is 1. The van der Waals surface area contributed by atoms with Crippen LogP contribution in [0, 0.1) is 18.6 Å². The Morgan fingerprint density at radius 3 is 2.31 bits per heavy atom. The highest BCUT2D eigenvalue weighted by Crippen LogP contribution is 2.45. The van der Waals surface area contributed by atoms with Gasteiger partial charge in [-0.3, -0.25) is 0 Å². The van der Waals surface area contributed by atoms with Crippen LogP contribution in [0.3, 0.4) is 0 Å². The molecular formula is C27H31F2N3. The molecule has 0 atom stereocenters. The van der Waals surface area contributed by atoms with Gasteiger partial charge in [0, 0.05) is 33.2 Å². The van der Waals surface area contributed by atoms with Gasteiger partial charge in [-0.15, -0.1) is 0 Å². The molecule has 4 N–H and O–H groups in total. The number of hydrogen-bond acceptors (Lipinski definition) is 2. The molecule has 1 fully saturated rings. The molecule has 1 aliphatic carbocycles. The summed E-state index contributed by atoms with van der Waals surface area (Å²) in [7, 11) is 0. The van der Waals surface area contributed by atoms with Gasteiger partial charge in [-0.2, -0.15) is 0 Å². The minimum atomic E-state index is -0.231. The molecule has 0 radical (unpaired) electrons. The largest absolute Gasteiger partial charge is 0.355 e. The highest BCUT2D eigenvalue weighted by atomic mass is 19.1. The fraction of sp³-hybridized carbons (Fsp3) is 0.333. The standard InChI is InChI=1S/C23H20F2N2.C4H11N/c1-13-11-15(24)5-8-19(13)26-21-10-7-17-18-12-16(25)6-9-20(18)27-23(17)22(21)14-3-2-4-14;1-2-3-4-5/h5-12,14,26-27H,2-4H2,1H3;2-5H2,1H3. The average Bonchev–Trinajstić information content (AvgIpc) is 3.09. The summed E-state index contributed by atoms with van der Waals surface area (Å²) in [4.78, 5) is 3.51. The minimum absolute atomic E-state index is 0.224. The first kappa shape index (κ1) is 22.3. The summed E-state index contributed by atoms with van der Waals surface area (Å²) < 4.78 is 27.2. The van der Waals surface area contributed by atoms with Crippen LogP contribution in [-0.2, 0) is 0 Å². The second kappa shape index (κ2) is 9.70. The third kappa shape index (κ3) is 4.49. The second-order valence-corrected chi connectivity index (χ2v) is 8.62. The van der Waals surface area contributed by atoms with E-state index in [1.54, 1.807) is 18.2 Å². The smallest absolute Gasteiger partial charge is 0.123 e. The van der Waals surface area contributed by atoms with E-state index in [-0.39, 0.29) is 11.6 Å². The Balaban J connectivity index is 0.000000444. The van der Waals surface area contributed by atoms with Crippen LogP contribution in [0.1, 0.15) is 56.1 Å². The van der Waals surface area contributed by atoms with Crippen molar-refractivity contribution in [3.63, 3.8) is 0 Å². The Morgan fingerprint density at radius 1 is 0.969 bits per heavy atom. The van der Waals surface area contributed by atoms with E-state index in [1.807, 2.05) is 13.0 Å². The number of unbranched alkanes of at least 4 members (excludes halogenated alkanes) is 1. The zero-order valence-corrected chi connectivity index (χ0v) is 18.8. The van der Waals surface area contributed by atoms with E-state index in [4.69, 9.17) is 5.73 Å². The molecule has 3 aromatic carbocycles. The molecule has 32 heavy (non-hydrogen) atoms.